The van der Waals surface area contributed by atoms with Crippen LogP contribution in [0.1, 0.15) is 67.2 Å². The summed E-state index contributed by atoms with van der Waals surface area (Å²) in [6.07, 6.45) is 3.31. The number of carbonyl (C=O) groups is 2. The zero-order valence-corrected chi connectivity index (χ0v) is 21.9. The Kier molecular flexibility index (Phi) is 3.41. The Labute approximate surface area is 162 Å². The van der Waals surface area contributed by atoms with E-state index in [0.717, 1.165) is 25.7 Å². The van der Waals surface area contributed by atoms with Gasteiger partial charge in [-0.1, -0.05) is 0 Å². The maximum atomic E-state index is 13.3. The molecule has 2 N–H and O–H groups in total. The minimum atomic E-state index is -2.77. The maximum absolute atomic E-state index is 13.3. The van der Waals surface area contributed by atoms with E-state index in [4.69, 9.17) is 0 Å². The summed E-state index contributed by atoms with van der Waals surface area (Å²) in [4.78, 5) is 26.6. The second kappa shape index (κ2) is 4.60. The standard InChI is InChI=1S/2C10H15O2.Hg/c2*1-9(2)6-4-5-10(9,3)8(12)7(6)11;/h2*6,11H,4-5H2,1-3H3;. The Morgan fingerprint density at radius 2 is 1.08 bits per heavy atom. The summed E-state index contributed by atoms with van der Waals surface area (Å²) in [5.74, 6) is -0.304. The Balaban J connectivity index is 1.77. The van der Waals surface area contributed by atoms with Crippen LogP contribution in [0.5, 0.6) is 0 Å². The van der Waals surface area contributed by atoms with Gasteiger partial charge in [0, 0.05) is 0 Å². The van der Waals surface area contributed by atoms with Gasteiger partial charge in [0.15, 0.2) is 0 Å². The molecule has 25 heavy (non-hydrogen) atoms. The first-order valence-electron chi connectivity index (χ1n) is 9.74. The SMILES string of the molecule is CC12CCC([C](O)([Hg][C]3(O)C(=O)C4(C)CCC3C4(C)C)C1=O)C2(C)C. The normalized spacial score (nSPS) is 55.0. The Bertz CT molecular complexity index is 642. The van der Waals surface area contributed by atoms with Crippen LogP contribution in [0, 0.1) is 33.5 Å². The topological polar surface area (TPSA) is 74.6 Å². The van der Waals surface area contributed by atoms with Crippen molar-refractivity contribution in [3.8, 4) is 0 Å². The summed E-state index contributed by atoms with van der Waals surface area (Å²) in [7, 11) is 0. The van der Waals surface area contributed by atoms with Crippen molar-refractivity contribution in [3.05, 3.63) is 0 Å². The fourth-order valence-electron chi connectivity index (χ4n) is 7.57. The third-order valence-electron chi connectivity index (χ3n) is 9.93. The molecule has 4 nitrogen and oxygen atoms in total. The molecule has 0 aromatic carbocycles. The summed E-state index contributed by atoms with van der Waals surface area (Å²) in [5.41, 5.74) is -1.53. The zero-order valence-electron chi connectivity index (χ0n) is 16.4. The molecule has 0 amide bonds. The fraction of sp³-hybridized carbons (Fsp3) is 0.900. The molecule has 0 aliphatic heterocycles. The molecular formula is C20H30HgO4. The van der Waals surface area contributed by atoms with Crippen molar-refractivity contribution in [1.29, 1.82) is 0 Å². The van der Waals surface area contributed by atoms with E-state index >= 15 is 0 Å². The number of Topliss-reactive ketones (excluding diaryl/α,β-unsaturated/α-hetero) is 2. The third kappa shape index (κ3) is 1.68. The van der Waals surface area contributed by atoms with Crippen LogP contribution in [-0.2, 0) is 34.2 Å². The molecule has 0 saturated heterocycles. The average Bonchev–Trinajstić information content (AvgIpc) is 2.95. The van der Waals surface area contributed by atoms with Crippen molar-refractivity contribution in [2.24, 2.45) is 33.5 Å². The molecule has 4 fully saturated rings. The Hall–Kier alpha value is 0.195. The van der Waals surface area contributed by atoms with Gasteiger partial charge in [-0.15, -0.1) is 0 Å². The molecule has 0 heterocycles. The average molecular weight is 535 g/mol. The van der Waals surface area contributed by atoms with Gasteiger partial charge in [0.2, 0.25) is 0 Å². The third-order valence-corrected chi connectivity index (χ3v) is 20.5. The van der Waals surface area contributed by atoms with Gasteiger partial charge >= 0.3 is 163 Å². The van der Waals surface area contributed by atoms with Gasteiger partial charge in [-0.25, -0.2) is 0 Å². The monoisotopic (exact) mass is 536 g/mol. The van der Waals surface area contributed by atoms with Gasteiger partial charge in [-0.3, -0.25) is 0 Å². The van der Waals surface area contributed by atoms with E-state index < -0.39 is 41.6 Å². The van der Waals surface area contributed by atoms with Crippen molar-refractivity contribution >= 4 is 11.6 Å². The number of hydrogen-bond donors (Lipinski definition) is 2. The summed E-state index contributed by atoms with van der Waals surface area (Å²) >= 11 is -2.77. The zero-order chi connectivity index (χ0) is 18.8. The van der Waals surface area contributed by atoms with E-state index in [0.29, 0.717) is 0 Å². The van der Waals surface area contributed by atoms with E-state index in [1.807, 2.05) is 13.8 Å². The second-order valence-corrected chi connectivity index (χ2v) is 20.7. The van der Waals surface area contributed by atoms with Crippen LogP contribution >= 0.6 is 0 Å². The quantitative estimate of drug-likeness (QED) is 0.534. The number of hydrogen-bond acceptors (Lipinski definition) is 4. The number of fused-ring (bicyclic) bond motifs is 4. The molecule has 6 atom stereocenters. The molecule has 4 saturated carbocycles. The van der Waals surface area contributed by atoms with Gasteiger partial charge in [-0.05, 0) is 0 Å². The van der Waals surface area contributed by atoms with Crippen molar-refractivity contribution < 1.29 is 44.4 Å². The molecule has 6 unspecified atom stereocenters. The number of aliphatic hydroxyl groups is 2. The van der Waals surface area contributed by atoms with Crippen LogP contribution in [-0.4, -0.2) is 28.0 Å². The van der Waals surface area contributed by atoms with Gasteiger partial charge in [0.25, 0.3) is 0 Å². The van der Waals surface area contributed by atoms with E-state index in [1.165, 1.54) is 0 Å². The number of ketones is 2. The molecule has 0 aromatic rings. The van der Waals surface area contributed by atoms with E-state index in [9.17, 15) is 19.8 Å². The Morgan fingerprint density at radius 3 is 1.32 bits per heavy atom. The summed E-state index contributed by atoms with van der Waals surface area (Å²) in [6.45, 7) is 12.3. The predicted octanol–water partition coefficient (Wildman–Crippen LogP) is 2.50. The van der Waals surface area contributed by atoms with Gasteiger partial charge in [0.1, 0.15) is 0 Å². The first-order chi connectivity index (χ1) is 11.2. The number of rotatable bonds is 2. The molecule has 4 bridgehead atoms. The Morgan fingerprint density at radius 1 is 0.760 bits per heavy atom. The molecule has 5 heteroatoms. The van der Waals surface area contributed by atoms with E-state index in [1.54, 1.807) is 0 Å². The molecule has 0 aromatic heterocycles. The van der Waals surface area contributed by atoms with E-state index in [2.05, 4.69) is 27.7 Å². The van der Waals surface area contributed by atoms with Crippen molar-refractivity contribution in [1.82, 2.24) is 0 Å². The first-order valence-corrected chi connectivity index (χ1v) is 15.2. The van der Waals surface area contributed by atoms with Crippen LogP contribution in [0.15, 0.2) is 0 Å². The van der Waals surface area contributed by atoms with E-state index in [-0.39, 0.29) is 34.2 Å². The van der Waals surface area contributed by atoms with Crippen LogP contribution in [0.3, 0.4) is 0 Å². The first kappa shape index (κ1) is 18.6. The predicted molar refractivity (Wildman–Crippen MR) is 89.1 cm³/mol. The van der Waals surface area contributed by atoms with Crippen LogP contribution in [0.4, 0.5) is 0 Å². The molecular weight excluding hydrogens is 505 g/mol. The van der Waals surface area contributed by atoms with Crippen LogP contribution < -0.4 is 0 Å². The van der Waals surface area contributed by atoms with Gasteiger partial charge in [-0.2, -0.15) is 0 Å². The minimum absolute atomic E-state index is 0.0603. The van der Waals surface area contributed by atoms with Crippen molar-refractivity contribution in [2.75, 3.05) is 0 Å². The molecule has 136 valence electrons. The molecule has 4 aliphatic carbocycles. The molecule has 0 spiro atoms. The molecule has 4 rings (SSSR count). The fourth-order valence-corrected chi connectivity index (χ4v) is 22.5. The second-order valence-electron chi connectivity index (χ2n) is 11.0. The summed E-state index contributed by atoms with van der Waals surface area (Å²) in [6, 6.07) is 0. The van der Waals surface area contributed by atoms with Crippen LogP contribution in [0.2, 0.25) is 0 Å². The summed E-state index contributed by atoms with van der Waals surface area (Å²) < 4.78 is -2.73. The molecule has 0 radical (unpaired) electrons. The summed E-state index contributed by atoms with van der Waals surface area (Å²) in [5, 5.41) is 23.2. The van der Waals surface area contributed by atoms with Gasteiger partial charge < -0.3 is 0 Å². The number of carbonyl (C=O) groups excluding carboxylic acids is 2. The van der Waals surface area contributed by atoms with Gasteiger partial charge in [0.05, 0.1) is 0 Å². The van der Waals surface area contributed by atoms with Crippen molar-refractivity contribution in [2.45, 2.75) is 73.4 Å². The molecule has 4 aliphatic rings. The van der Waals surface area contributed by atoms with Crippen LogP contribution in [0.25, 0.3) is 0 Å². The van der Waals surface area contributed by atoms with Crippen molar-refractivity contribution in [3.63, 3.8) is 0 Å².